The average molecular weight is 311 g/mol. The Labute approximate surface area is 136 Å². The van der Waals surface area contributed by atoms with Crippen LogP contribution in [0.1, 0.15) is 16.3 Å². The van der Waals surface area contributed by atoms with E-state index in [4.69, 9.17) is 0 Å². The lowest BCUT2D eigenvalue weighted by molar-refractivity contribution is 0.0952. The van der Waals surface area contributed by atoms with Crippen LogP contribution in [0.4, 0.5) is 17.2 Å². The summed E-state index contributed by atoms with van der Waals surface area (Å²) in [6.45, 7) is 5.73. The standard InChI is InChI=1S/C17H21N5O/c1-5-10-18-17(23)15-11-16(20-12(2)19-15)21-13-6-8-14(9-7-13)22(3)4/h5-9,11H,1,10H2,2-4H3,(H,18,23)(H,19,20,21). The van der Waals surface area contributed by atoms with Crippen LogP contribution in [-0.4, -0.2) is 36.5 Å². The minimum absolute atomic E-state index is 0.249. The van der Waals surface area contributed by atoms with E-state index in [-0.39, 0.29) is 5.91 Å². The Morgan fingerprint density at radius 1 is 1.26 bits per heavy atom. The molecule has 2 N–H and O–H groups in total. The van der Waals surface area contributed by atoms with Crippen LogP contribution in [0.3, 0.4) is 0 Å². The van der Waals surface area contributed by atoms with Gasteiger partial charge in [-0.05, 0) is 31.2 Å². The predicted octanol–water partition coefficient (Wildman–Crippen LogP) is 2.51. The molecule has 0 radical (unpaired) electrons. The molecule has 2 rings (SSSR count). The molecule has 0 unspecified atom stereocenters. The molecule has 1 heterocycles. The molecule has 6 heteroatoms. The maximum atomic E-state index is 12.0. The maximum absolute atomic E-state index is 12.0. The number of aromatic nitrogens is 2. The predicted molar refractivity (Wildman–Crippen MR) is 93.4 cm³/mol. The van der Waals surface area contributed by atoms with Crippen LogP contribution in [0, 0.1) is 6.92 Å². The summed E-state index contributed by atoms with van der Waals surface area (Å²) in [7, 11) is 3.98. The Morgan fingerprint density at radius 2 is 1.96 bits per heavy atom. The molecule has 120 valence electrons. The summed E-state index contributed by atoms with van der Waals surface area (Å²) in [5.41, 5.74) is 2.33. The Morgan fingerprint density at radius 3 is 2.57 bits per heavy atom. The molecule has 0 aliphatic heterocycles. The number of nitrogens with one attached hydrogen (secondary N) is 2. The number of benzene rings is 1. The summed E-state index contributed by atoms with van der Waals surface area (Å²) in [6.07, 6.45) is 1.62. The molecular weight excluding hydrogens is 290 g/mol. The van der Waals surface area contributed by atoms with E-state index in [1.54, 1.807) is 19.1 Å². The molecule has 0 saturated carbocycles. The maximum Gasteiger partial charge on any atom is 0.270 e. The van der Waals surface area contributed by atoms with Crippen LogP contribution in [0.2, 0.25) is 0 Å². The first-order valence-corrected chi connectivity index (χ1v) is 7.29. The van der Waals surface area contributed by atoms with Gasteiger partial charge in [0, 0.05) is 38.1 Å². The third kappa shape index (κ3) is 4.54. The zero-order chi connectivity index (χ0) is 16.8. The molecule has 6 nitrogen and oxygen atoms in total. The van der Waals surface area contributed by atoms with Gasteiger partial charge in [0.1, 0.15) is 17.3 Å². The SMILES string of the molecule is C=CCNC(=O)c1cc(Nc2ccc(N(C)C)cc2)nc(C)n1. The van der Waals surface area contributed by atoms with Crippen molar-refractivity contribution in [2.45, 2.75) is 6.92 Å². The third-order valence-corrected chi connectivity index (χ3v) is 3.13. The summed E-state index contributed by atoms with van der Waals surface area (Å²) in [6, 6.07) is 9.57. The monoisotopic (exact) mass is 311 g/mol. The van der Waals surface area contributed by atoms with E-state index in [0.717, 1.165) is 11.4 Å². The highest BCUT2D eigenvalue weighted by molar-refractivity contribution is 5.93. The molecule has 1 aromatic carbocycles. The van der Waals surface area contributed by atoms with Crippen LogP contribution in [0.15, 0.2) is 43.0 Å². The molecule has 23 heavy (non-hydrogen) atoms. The molecule has 0 aliphatic carbocycles. The van der Waals surface area contributed by atoms with Gasteiger partial charge in [0.05, 0.1) is 0 Å². The van der Waals surface area contributed by atoms with E-state index >= 15 is 0 Å². The Kier molecular flexibility index (Phi) is 5.30. The fourth-order valence-corrected chi connectivity index (χ4v) is 1.99. The van der Waals surface area contributed by atoms with E-state index in [2.05, 4.69) is 27.2 Å². The van der Waals surface area contributed by atoms with Crippen molar-refractivity contribution in [3.63, 3.8) is 0 Å². The Balaban J connectivity index is 2.17. The summed E-state index contributed by atoms with van der Waals surface area (Å²) in [5, 5.41) is 5.90. The van der Waals surface area contributed by atoms with Gasteiger partial charge in [-0.15, -0.1) is 6.58 Å². The highest BCUT2D eigenvalue weighted by Crippen LogP contribution is 2.19. The highest BCUT2D eigenvalue weighted by atomic mass is 16.1. The molecule has 0 spiro atoms. The van der Waals surface area contributed by atoms with Crippen molar-refractivity contribution in [3.05, 3.63) is 54.5 Å². The molecule has 0 saturated heterocycles. The first-order chi connectivity index (χ1) is 11.0. The average Bonchev–Trinajstić information content (AvgIpc) is 2.52. The van der Waals surface area contributed by atoms with Crippen molar-refractivity contribution >= 4 is 23.1 Å². The van der Waals surface area contributed by atoms with E-state index < -0.39 is 0 Å². The van der Waals surface area contributed by atoms with Gasteiger partial charge in [-0.2, -0.15) is 0 Å². The van der Waals surface area contributed by atoms with Gasteiger partial charge in [0.15, 0.2) is 0 Å². The normalized spacial score (nSPS) is 10.0. The minimum atomic E-state index is -0.249. The number of aryl methyl sites for hydroxylation is 1. The van der Waals surface area contributed by atoms with Gasteiger partial charge in [-0.25, -0.2) is 9.97 Å². The van der Waals surface area contributed by atoms with E-state index in [1.807, 2.05) is 43.3 Å². The molecule has 2 aromatic rings. The zero-order valence-corrected chi connectivity index (χ0v) is 13.6. The van der Waals surface area contributed by atoms with E-state index in [9.17, 15) is 4.79 Å². The Hall–Kier alpha value is -2.89. The van der Waals surface area contributed by atoms with Crippen LogP contribution in [0.25, 0.3) is 0 Å². The van der Waals surface area contributed by atoms with Crippen molar-refractivity contribution in [2.24, 2.45) is 0 Å². The quantitative estimate of drug-likeness (QED) is 0.802. The van der Waals surface area contributed by atoms with Crippen molar-refractivity contribution < 1.29 is 4.79 Å². The fourth-order valence-electron chi connectivity index (χ4n) is 1.99. The molecule has 1 amide bonds. The lowest BCUT2D eigenvalue weighted by Crippen LogP contribution is -2.24. The van der Waals surface area contributed by atoms with Crippen molar-refractivity contribution in [2.75, 3.05) is 30.9 Å². The first-order valence-electron chi connectivity index (χ1n) is 7.29. The van der Waals surface area contributed by atoms with Gasteiger partial charge in [0.2, 0.25) is 0 Å². The lowest BCUT2D eigenvalue weighted by atomic mass is 10.2. The lowest BCUT2D eigenvalue weighted by Gasteiger charge is -2.13. The van der Waals surface area contributed by atoms with Gasteiger partial charge in [-0.3, -0.25) is 4.79 Å². The Bertz CT molecular complexity index is 695. The first kappa shape index (κ1) is 16.5. The second-order valence-electron chi connectivity index (χ2n) is 5.25. The van der Waals surface area contributed by atoms with Gasteiger partial charge >= 0.3 is 0 Å². The summed E-state index contributed by atoms with van der Waals surface area (Å²) < 4.78 is 0. The highest BCUT2D eigenvalue weighted by Gasteiger charge is 2.10. The van der Waals surface area contributed by atoms with Gasteiger partial charge in [-0.1, -0.05) is 6.08 Å². The van der Waals surface area contributed by atoms with Crippen molar-refractivity contribution in [3.8, 4) is 0 Å². The topological polar surface area (TPSA) is 70.2 Å². The molecule has 1 aromatic heterocycles. The number of anilines is 3. The second kappa shape index (κ2) is 7.40. The minimum Gasteiger partial charge on any atom is -0.378 e. The fraction of sp³-hybridized carbons (Fsp3) is 0.235. The largest absolute Gasteiger partial charge is 0.378 e. The number of carbonyl (C=O) groups is 1. The molecule has 0 aliphatic rings. The van der Waals surface area contributed by atoms with Crippen LogP contribution < -0.4 is 15.5 Å². The smallest absolute Gasteiger partial charge is 0.270 e. The number of hydrogen-bond donors (Lipinski definition) is 2. The van der Waals surface area contributed by atoms with Gasteiger partial charge in [0.25, 0.3) is 5.91 Å². The molecule has 0 atom stereocenters. The molecule has 0 bridgehead atoms. The third-order valence-electron chi connectivity index (χ3n) is 3.13. The number of rotatable bonds is 6. The zero-order valence-electron chi connectivity index (χ0n) is 13.6. The van der Waals surface area contributed by atoms with Gasteiger partial charge < -0.3 is 15.5 Å². The summed E-state index contributed by atoms with van der Waals surface area (Å²) in [5.74, 6) is 0.865. The van der Waals surface area contributed by atoms with Crippen molar-refractivity contribution in [1.29, 1.82) is 0 Å². The van der Waals surface area contributed by atoms with E-state index in [1.165, 1.54) is 0 Å². The van der Waals surface area contributed by atoms with E-state index in [0.29, 0.717) is 23.9 Å². The number of carbonyl (C=O) groups excluding carboxylic acids is 1. The van der Waals surface area contributed by atoms with Crippen LogP contribution >= 0.6 is 0 Å². The number of hydrogen-bond acceptors (Lipinski definition) is 5. The summed E-state index contributed by atoms with van der Waals surface area (Å²) >= 11 is 0. The number of amides is 1. The van der Waals surface area contributed by atoms with Crippen LogP contribution in [-0.2, 0) is 0 Å². The molecular formula is C17H21N5O. The van der Waals surface area contributed by atoms with Crippen molar-refractivity contribution in [1.82, 2.24) is 15.3 Å². The second-order valence-corrected chi connectivity index (χ2v) is 5.25. The van der Waals surface area contributed by atoms with Crippen LogP contribution in [0.5, 0.6) is 0 Å². The number of nitrogens with zero attached hydrogens (tertiary/aromatic N) is 3. The summed E-state index contributed by atoms with van der Waals surface area (Å²) in [4.78, 5) is 22.5. The molecule has 0 fully saturated rings.